The van der Waals surface area contributed by atoms with E-state index in [9.17, 15) is 14.0 Å². The summed E-state index contributed by atoms with van der Waals surface area (Å²) in [5.41, 5.74) is 5.77. The Kier molecular flexibility index (Phi) is 4.88. The Morgan fingerprint density at radius 1 is 1.46 bits per heavy atom. The Balaban J connectivity index is 1.89. The molecule has 3 N–H and O–H groups in total. The maximum absolute atomic E-state index is 13.9. The average molecular weight is 362 g/mol. The standard InChI is InChI=1S/C17H19FN4O4/c1-3-8-11(22-16(24)13(8)18)7-26-17-9-6-12(25-2)14(15(19)23)21-10(9)4-5-20-17/h4-6,8,11,13H,3,7H2,1-2H3,(H2,19,23)(H,22,24)/t8-,11?,13-/m0/s1. The van der Waals surface area contributed by atoms with Crippen molar-refractivity contribution in [1.82, 2.24) is 15.3 Å². The molecule has 1 aliphatic rings. The van der Waals surface area contributed by atoms with E-state index < -0.39 is 29.9 Å². The second-order valence-corrected chi connectivity index (χ2v) is 5.99. The molecule has 3 rings (SSSR count). The van der Waals surface area contributed by atoms with Gasteiger partial charge in [0.15, 0.2) is 17.6 Å². The second kappa shape index (κ2) is 7.11. The summed E-state index contributed by atoms with van der Waals surface area (Å²) in [6.07, 6.45) is 0.451. The number of hydrogen-bond acceptors (Lipinski definition) is 6. The zero-order valence-corrected chi connectivity index (χ0v) is 14.4. The number of nitrogens with one attached hydrogen (secondary N) is 1. The first-order valence-corrected chi connectivity index (χ1v) is 8.17. The van der Waals surface area contributed by atoms with E-state index in [1.807, 2.05) is 6.92 Å². The molecule has 8 nitrogen and oxygen atoms in total. The van der Waals surface area contributed by atoms with Crippen LogP contribution in [0.25, 0.3) is 10.9 Å². The smallest absolute Gasteiger partial charge is 0.271 e. The van der Waals surface area contributed by atoms with E-state index in [0.29, 0.717) is 17.3 Å². The molecule has 26 heavy (non-hydrogen) atoms. The first-order valence-electron chi connectivity index (χ1n) is 8.17. The third-order valence-electron chi connectivity index (χ3n) is 4.47. The van der Waals surface area contributed by atoms with Crippen LogP contribution in [0.5, 0.6) is 11.6 Å². The summed E-state index contributed by atoms with van der Waals surface area (Å²) in [6.45, 7) is 1.89. The van der Waals surface area contributed by atoms with Crippen LogP contribution in [0.3, 0.4) is 0 Å². The van der Waals surface area contributed by atoms with Crippen molar-refractivity contribution < 1.29 is 23.5 Å². The van der Waals surface area contributed by atoms with Gasteiger partial charge in [-0.2, -0.15) is 0 Å². The lowest BCUT2D eigenvalue weighted by atomic mass is 9.97. The van der Waals surface area contributed by atoms with Gasteiger partial charge in [0.05, 0.1) is 24.1 Å². The molecular weight excluding hydrogens is 343 g/mol. The van der Waals surface area contributed by atoms with Crippen LogP contribution in [0.1, 0.15) is 23.8 Å². The van der Waals surface area contributed by atoms with Gasteiger partial charge in [-0.25, -0.2) is 14.4 Å². The molecule has 3 heterocycles. The first-order chi connectivity index (χ1) is 12.5. The van der Waals surface area contributed by atoms with E-state index in [1.165, 1.54) is 13.3 Å². The van der Waals surface area contributed by atoms with E-state index in [1.54, 1.807) is 12.1 Å². The maximum atomic E-state index is 13.9. The van der Waals surface area contributed by atoms with Crippen molar-refractivity contribution in [1.29, 1.82) is 0 Å². The van der Waals surface area contributed by atoms with Gasteiger partial charge in [-0.15, -0.1) is 0 Å². The summed E-state index contributed by atoms with van der Waals surface area (Å²) in [5.74, 6) is -1.34. The van der Waals surface area contributed by atoms with E-state index >= 15 is 0 Å². The van der Waals surface area contributed by atoms with E-state index in [0.717, 1.165) is 0 Å². The van der Waals surface area contributed by atoms with Crippen molar-refractivity contribution in [3.05, 3.63) is 24.0 Å². The zero-order chi connectivity index (χ0) is 18.8. The Bertz CT molecular complexity index is 860. The first kappa shape index (κ1) is 17.8. The third kappa shape index (κ3) is 3.12. The Morgan fingerprint density at radius 2 is 2.23 bits per heavy atom. The number of primary amides is 1. The maximum Gasteiger partial charge on any atom is 0.271 e. The number of alkyl halides is 1. The largest absolute Gasteiger partial charge is 0.494 e. The van der Waals surface area contributed by atoms with Crippen LogP contribution in [0.15, 0.2) is 18.3 Å². The summed E-state index contributed by atoms with van der Waals surface area (Å²) in [5, 5.41) is 3.12. The monoisotopic (exact) mass is 362 g/mol. The molecule has 0 aliphatic carbocycles. The highest BCUT2D eigenvalue weighted by Gasteiger charge is 2.41. The average Bonchev–Trinajstić information content (AvgIpc) is 2.91. The molecule has 2 aromatic heterocycles. The van der Waals surface area contributed by atoms with Gasteiger partial charge in [0, 0.05) is 12.1 Å². The molecule has 2 aromatic rings. The van der Waals surface area contributed by atoms with Crippen molar-refractivity contribution in [2.45, 2.75) is 25.6 Å². The van der Waals surface area contributed by atoms with Crippen LogP contribution in [0.2, 0.25) is 0 Å². The van der Waals surface area contributed by atoms with Gasteiger partial charge in [0.1, 0.15) is 6.61 Å². The Labute approximate surface area is 148 Å². The van der Waals surface area contributed by atoms with Crippen LogP contribution in [0.4, 0.5) is 4.39 Å². The lowest BCUT2D eigenvalue weighted by molar-refractivity contribution is -0.123. The molecule has 0 bridgehead atoms. The quantitative estimate of drug-likeness (QED) is 0.791. The number of pyridine rings is 2. The Hall–Kier alpha value is -2.97. The molecule has 0 radical (unpaired) electrons. The van der Waals surface area contributed by atoms with Crippen molar-refractivity contribution in [2.75, 3.05) is 13.7 Å². The van der Waals surface area contributed by atoms with Crippen molar-refractivity contribution in [3.63, 3.8) is 0 Å². The van der Waals surface area contributed by atoms with Gasteiger partial charge >= 0.3 is 0 Å². The number of carbonyl (C=O) groups excluding carboxylic acids is 2. The molecule has 1 aliphatic heterocycles. The number of aromatic nitrogens is 2. The number of carbonyl (C=O) groups is 2. The fourth-order valence-electron chi connectivity index (χ4n) is 3.09. The van der Waals surface area contributed by atoms with Gasteiger partial charge in [-0.05, 0) is 18.6 Å². The van der Waals surface area contributed by atoms with Crippen molar-refractivity contribution in [3.8, 4) is 11.6 Å². The molecule has 1 saturated heterocycles. The van der Waals surface area contributed by atoms with Crippen LogP contribution in [0, 0.1) is 5.92 Å². The van der Waals surface area contributed by atoms with Crippen LogP contribution in [-0.2, 0) is 4.79 Å². The normalized spacial score (nSPS) is 22.3. The van der Waals surface area contributed by atoms with Crippen LogP contribution >= 0.6 is 0 Å². The fourth-order valence-corrected chi connectivity index (χ4v) is 3.09. The number of ether oxygens (including phenoxy) is 2. The van der Waals surface area contributed by atoms with E-state index in [4.69, 9.17) is 15.2 Å². The molecule has 3 atom stereocenters. The van der Waals surface area contributed by atoms with Gasteiger partial charge in [0.25, 0.3) is 11.8 Å². The number of rotatable bonds is 6. The van der Waals surface area contributed by atoms with Gasteiger partial charge in [0.2, 0.25) is 5.88 Å². The summed E-state index contributed by atoms with van der Waals surface area (Å²) >= 11 is 0. The minimum Gasteiger partial charge on any atom is -0.494 e. The fraction of sp³-hybridized carbons (Fsp3) is 0.412. The number of methoxy groups -OCH3 is 1. The van der Waals surface area contributed by atoms with Gasteiger partial charge in [-0.3, -0.25) is 9.59 Å². The molecule has 0 spiro atoms. The summed E-state index contributed by atoms with van der Waals surface area (Å²) in [4.78, 5) is 31.4. The lowest BCUT2D eigenvalue weighted by Gasteiger charge is -2.18. The van der Waals surface area contributed by atoms with Gasteiger partial charge in [-0.1, -0.05) is 6.92 Å². The number of nitrogens with zero attached hydrogens (tertiary/aromatic N) is 2. The highest BCUT2D eigenvalue weighted by Crippen LogP contribution is 2.29. The summed E-state index contributed by atoms with van der Waals surface area (Å²) < 4.78 is 24.8. The number of fused-ring (bicyclic) bond motifs is 1. The van der Waals surface area contributed by atoms with Crippen molar-refractivity contribution >= 4 is 22.7 Å². The number of amides is 2. The highest BCUT2D eigenvalue weighted by molar-refractivity contribution is 5.97. The Morgan fingerprint density at radius 3 is 2.88 bits per heavy atom. The molecule has 9 heteroatoms. The second-order valence-electron chi connectivity index (χ2n) is 5.99. The number of halogens is 1. The van der Waals surface area contributed by atoms with Crippen molar-refractivity contribution in [2.24, 2.45) is 11.7 Å². The number of hydrogen-bond donors (Lipinski definition) is 2. The number of nitrogens with two attached hydrogens (primary N) is 1. The van der Waals surface area contributed by atoms with E-state index in [-0.39, 0.29) is 23.9 Å². The zero-order valence-electron chi connectivity index (χ0n) is 14.4. The molecule has 138 valence electrons. The lowest BCUT2D eigenvalue weighted by Crippen LogP contribution is -2.34. The van der Waals surface area contributed by atoms with E-state index in [2.05, 4.69) is 15.3 Å². The summed E-state index contributed by atoms with van der Waals surface area (Å²) in [6, 6.07) is 2.73. The predicted molar refractivity (Wildman–Crippen MR) is 90.7 cm³/mol. The SMILES string of the molecule is CC[C@H]1C(COc2nccc3nc(C(N)=O)c(OC)cc23)NC(=O)[C@H]1F. The molecule has 1 fully saturated rings. The van der Waals surface area contributed by atoms with Crippen LogP contribution in [-0.4, -0.2) is 47.7 Å². The van der Waals surface area contributed by atoms with Gasteiger partial charge < -0.3 is 20.5 Å². The molecular formula is C17H19FN4O4. The minimum atomic E-state index is -1.53. The third-order valence-corrected chi connectivity index (χ3v) is 4.47. The molecule has 2 amide bonds. The molecule has 0 saturated carbocycles. The van der Waals surface area contributed by atoms with Crippen LogP contribution < -0.4 is 20.5 Å². The highest BCUT2D eigenvalue weighted by atomic mass is 19.1. The molecule has 1 unspecified atom stereocenters. The predicted octanol–water partition coefficient (Wildman–Crippen LogP) is 0.979. The minimum absolute atomic E-state index is 0.00604. The molecule has 0 aromatic carbocycles. The topological polar surface area (TPSA) is 116 Å². The summed E-state index contributed by atoms with van der Waals surface area (Å²) in [7, 11) is 1.40.